The van der Waals surface area contributed by atoms with Crippen molar-refractivity contribution in [2.75, 3.05) is 13.7 Å². The maximum Gasteiger partial charge on any atom is 0.342 e. The van der Waals surface area contributed by atoms with Gasteiger partial charge in [0, 0.05) is 5.38 Å². The van der Waals surface area contributed by atoms with Crippen molar-refractivity contribution in [1.29, 1.82) is 0 Å². The third-order valence-electron chi connectivity index (χ3n) is 2.61. The first-order valence-electron chi connectivity index (χ1n) is 5.79. The lowest BCUT2D eigenvalue weighted by molar-refractivity contribution is 0.0524. The van der Waals surface area contributed by atoms with Gasteiger partial charge < -0.3 is 14.6 Å². The smallest absolute Gasteiger partial charge is 0.342 e. The summed E-state index contributed by atoms with van der Waals surface area (Å²) in [5, 5.41) is 11.7. The van der Waals surface area contributed by atoms with Crippen LogP contribution in [0.1, 0.15) is 17.3 Å². The van der Waals surface area contributed by atoms with Crippen LogP contribution in [0.4, 0.5) is 0 Å². The number of hydrogen-bond donors (Lipinski definition) is 1. The lowest BCUT2D eigenvalue weighted by Gasteiger charge is -2.03. The number of hydrogen-bond acceptors (Lipinski definition) is 5. The molecule has 0 atom stereocenters. The van der Waals surface area contributed by atoms with Crippen LogP contribution in [-0.4, -0.2) is 24.8 Å². The molecule has 0 unspecified atom stereocenters. The van der Waals surface area contributed by atoms with Crippen LogP contribution in [0.15, 0.2) is 29.6 Å². The number of aromatic hydroxyl groups is 1. The summed E-state index contributed by atoms with van der Waals surface area (Å²) in [7, 11) is 1.59. The fourth-order valence-corrected chi connectivity index (χ4v) is 2.59. The highest BCUT2D eigenvalue weighted by Crippen LogP contribution is 2.39. The van der Waals surface area contributed by atoms with Gasteiger partial charge in [0.25, 0.3) is 0 Å². The van der Waals surface area contributed by atoms with Crippen LogP contribution >= 0.6 is 11.3 Å². The number of esters is 1. The van der Waals surface area contributed by atoms with Gasteiger partial charge in [0.1, 0.15) is 17.1 Å². The number of thiophene rings is 1. The van der Waals surface area contributed by atoms with Gasteiger partial charge in [-0.1, -0.05) is 0 Å². The largest absolute Gasteiger partial charge is 0.506 e. The van der Waals surface area contributed by atoms with Crippen LogP contribution in [0, 0.1) is 0 Å². The highest BCUT2D eigenvalue weighted by Gasteiger charge is 2.19. The van der Waals surface area contributed by atoms with E-state index in [0.717, 1.165) is 11.3 Å². The number of methoxy groups -OCH3 is 1. The summed E-state index contributed by atoms with van der Waals surface area (Å²) in [5.41, 5.74) is 1.04. The molecule has 0 saturated heterocycles. The molecule has 1 N–H and O–H groups in total. The van der Waals surface area contributed by atoms with Crippen molar-refractivity contribution in [2.24, 2.45) is 0 Å². The van der Waals surface area contributed by atoms with E-state index in [1.165, 1.54) is 11.3 Å². The van der Waals surface area contributed by atoms with Crippen molar-refractivity contribution in [3.63, 3.8) is 0 Å². The van der Waals surface area contributed by atoms with Crippen LogP contribution < -0.4 is 4.74 Å². The third-order valence-corrected chi connectivity index (χ3v) is 3.63. The van der Waals surface area contributed by atoms with Crippen molar-refractivity contribution in [3.8, 4) is 21.9 Å². The second-order valence-corrected chi connectivity index (χ2v) is 4.66. The minimum Gasteiger partial charge on any atom is -0.506 e. The van der Waals surface area contributed by atoms with Gasteiger partial charge in [0.05, 0.1) is 18.6 Å². The van der Waals surface area contributed by atoms with Crippen molar-refractivity contribution < 1.29 is 19.4 Å². The van der Waals surface area contributed by atoms with Gasteiger partial charge in [-0.05, 0) is 36.8 Å². The number of carbonyl (C=O) groups excluding carboxylic acids is 1. The van der Waals surface area contributed by atoms with Crippen molar-refractivity contribution in [1.82, 2.24) is 0 Å². The molecular weight excluding hydrogens is 264 g/mol. The van der Waals surface area contributed by atoms with E-state index in [4.69, 9.17) is 9.47 Å². The zero-order chi connectivity index (χ0) is 13.8. The molecule has 4 nitrogen and oxygen atoms in total. The fraction of sp³-hybridized carbons (Fsp3) is 0.214. The quantitative estimate of drug-likeness (QED) is 0.872. The predicted octanol–water partition coefficient (Wildman–Crippen LogP) is 3.31. The van der Waals surface area contributed by atoms with Gasteiger partial charge in [0.2, 0.25) is 0 Å². The molecule has 2 rings (SSSR count). The molecule has 5 heteroatoms. The van der Waals surface area contributed by atoms with E-state index < -0.39 is 5.97 Å². The molecule has 1 aromatic carbocycles. The maximum absolute atomic E-state index is 11.6. The van der Waals surface area contributed by atoms with E-state index in [1.807, 2.05) is 12.1 Å². The van der Waals surface area contributed by atoms with Crippen LogP contribution in [0.2, 0.25) is 0 Å². The minimum absolute atomic E-state index is 0.0337. The molecule has 0 spiro atoms. The van der Waals surface area contributed by atoms with Crippen molar-refractivity contribution in [2.45, 2.75) is 6.92 Å². The molecule has 2 aromatic rings. The monoisotopic (exact) mass is 278 g/mol. The summed E-state index contributed by atoms with van der Waals surface area (Å²) in [6, 6.07) is 7.27. The standard InChI is InChI=1S/C14H14O4S/c1-3-18-14(16)11-8-19-13(12(11)15)9-4-6-10(17-2)7-5-9/h4-8,15H,3H2,1-2H3. The molecule has 1 heterocycles. The summed E-state index contributed by atoms with van der Waals surface area (Å²) in [6.07, 6.45) is 0. The lowest BCUT2D eigenvalue weighted by Crippen LogP contribution is -2.03. The Kier molecular flexibility index (Phi) is 4.06. The van der Waals surface area contributed by atoms with Crippen molar-refractivity contribution in [3.05, 3.63) is 35.2 Å². The highest BCUT2D eigenvalue weighted by atomic mass is 32.1. The molecule has 0 bridgehead atoms. The Bertz CT molecular complexity index is 572. The molecule has 0 fully saturated rings. The lowest BCUT2D eigenvalue weighted by atomic mass is 10.1. The molecule has 100 valence electrons. The molecule has 0 amide bonds. The second-order valence-electron chi connectivity index (χ2n) is 3.78. The van der Waals surface area contributed by atoms with E-state index in [-0.39, 0.29) is 17.9 Å². The van der Waals surface area contributed by atoms with Crippen molar-refractivity contribution >= 4 is 17.3 Å². The van der Waals surface area contributed by atoms with E-state index in [9.17, 15) is 9.90 Å². The molecular formula is C14H14O4S. The molecule has 0 saturated carbocycles. The third kappa shape index (κ3) is 2.71. The number of ether oxygens (including phenoxy) is 2. The van der Waals surface area contributed by atoms with Crippen LogP contribution in [-0.2, 0) is 4.74 Å². The number of carbonyl (C=O) groups is 1. The van der Waals surface area contributed by atoms with E-state index >= 15 is 0 Å². The first kappa shape index (κ1) is 13.4. The fourth-order valence-electron chi connectivity index (χ4n) is 1.65. The Balaban J connectivity index is 2.32. The average molecular weight is 278 g/mol. The predicted molar refractivity (Wildman–Crippen MR) is 73.9 cm³/mol. The normalized spacial score (nSPS) is 10.2. The van der Waals surface area contributed by atoms with Crippen LogP contribution in [0.3, 0.4) is 0 Å². The molecule has 0 aliphatic rings. The topological polar surface area (TPSA) is 55.8 Å². The van der Waals surface area contributed by atoms with Gasteiger partial charge in [0.15, 0.2) is 0 Å². The Labute approximate surface area is 115 Å². The zero-order valence-electron chi connectivity index (χ0n) is 10.7. The molecule has 0 aliphatic carbocycles. The first-order chi connectivity index (χ1) is 9.17. The van der Waals surface area contributed by atoms with Gasteiger partial charge >= 0.3 is 5.97 Å². The zero-order valence-corrected chi connectivity index (χ0v) is 11.5. The number of benzene rings is 1. The average Bonchev–Trinajstić information content (AvgIpc) is 2.81. The maximum atomic E-state index is 11.6. The van der Waals surface area contributed by atoms with Gasteiger partial charge in [-0.15, -0.1) is 11.3 Å². The summed E-state index contributed by atoms with van der Waals surface area (Å²) in [6.45, 7) is 2.01. The minimum atomic E-state index is -0.504. The van der Waals surface area contributed by atoms with E-state index in [1.54, 1.807) is 31.5 Å². The number of rotatable bonds is 4. The highest BCUT2D eigenvalue weighted by molar-refractivity contribution is 7.14. The Hall–Kier alpha value is -2.01. The van der Waals surface area contributed by atoms with E-state index in [0.29, 0.717) is 4.88 Å². The Morgan fingerprint density at radius 2 is 2.00 bits per heavy atom. The van der Waals surface area contributed by atoms with Gasteiger partial charge in [-0.3, -0.25) is 0 Å². The van der Waals surface area contributed by atoms with Gasteiger partial charge in [-0.25, -0.2) is 4.79 Å². The van der Waals surface area contributed by atoms with Crippen LogP contribution in [0.25, 0.3) is 10.4 Å². The Morgan fingerprint density at radius 3 is 2.58 bits per heavy atom. The Morgan fingerprint density at radius 1 is 1.32 bits per heavy atom. The second kappa shape index (κ2) is 5.75. The summed E-state index contributed by atoms with van der Waals surface area (Å²) < 4.78 is 9.96. The summed E-state index contributed by atoms with van der Waals surface area (Å²) >= 11 is 1.31. The van der Waals surface area contributed by atoms with E-state index in [2.05, 4.69) is 0 Å². The molecule has 0 aliphatic heterocycles. The van der Waals surface area contributed by atoms with Crippen LogP contribution in [0.5, 0.6) is 11.5 Å². The summed E-state index contributed by atoms with van der Waals surface area (Å²) in [4.78, 5) is 12.3. The summed E-state index contributed by atoms with van der Waals surface area (Å²) in [5.74, 6) is 0.204. The molecule has 1 aromatic heterocycles. The first-order valence-corrected chi connectivity index (χ1v) is 6.67. The SMILES string of the molecule is CCOC(=O)c1csc(-c2ccc(OC)cc2)c1O. The molecule has 19 heavy (non-hydrogen) atoms. The van der Waals surface area contributed by atoms with Gasteiger partial charge in [-0.2, -0.15) is 0 Å². The molecule has 0 radical (unpaired) electrons.